The van der Waals surface area contributed by atoms with E-state index in [0.29, 0.717) is 11.6 Å². The largest absolute Gasteiger partial charge is 0.454 e. The fourth-order valence-electron chi connectivity index (χ4n) is 2.30. The molecule has 0 spiro atoms. The Morgan fingerprint density at radius 1 is 1.14 bits per heavy atom. The van der Waals surface area contributed by atoms with Gasteiger partial charge < -0.3 is 19.2 Å². The molecule has 3 heterocycles. The molecule has 6 heteroatoms. The van der Waals surface area contributed by atoms with Gasteiger partial charge in [-0.3, -0.25) is 0 Å². The monoisotopic (exact) mass is 301 g/mol. The lowest BCUT2D eigenvalue weighted by atomic mass is 10.2. The van der Waals surface area contributed by atoms with Crippen LogP contribution in [0.5, 0.6) is 11.5 Å². The first-order valence-corrected chi connectivity index (χ1v) is 6.92. The van der Waals surface area contributed by atoms with Gasteiger partial charge in [-0.15, -0.1) is 0 Å². The van der Waals surface area contributed by atoms with E-state index in [-0.39, 0.29) is 6.79 Å². The van der Waals surface area contributed by atoms with E-state index in [1.165, 1.54) is 0 Å². The van der Waals surface area contributed by atoms with Crippen LogP contribution < -0.4 is 14.8 Å². The number of rotatable bonds is 3. The maximum absolute atomic E-state index is 5.97. The Morgan fingerprint density at radius 3 is 3.00 bits per heavy atom. The molecule has 3 aromatic rings. The summed E-state index contributed by atoms with van der Waals surface area (Å²) in [5.74, 6) is 1.55. The highest BCUT2D eigenvalue weighted by atomic mass is 35.5. The van der Waals surface area contributed by atoms with Gasteiger partial charge in [-0.05, 0) is 24.3 Å². The van der Waals surface area contributed by atoms with Gasteiger partial charge in [0.25, 0.3) is 0 Å². The van der Waals surface area contributed by atoms with E-state index in [1.807, 2.05) is 47.1 Å². The van der Waals surface area contributed by atoms with Crippen LogP contribution in [0, 0.1) is 0 Å². The van der Waals surface area contributed by atoms with Crippen molar-refractivity contribution in [1.29, 1.82) is 0 Å². The van der Waals surface area contributed by atoms with Crippen molar-refractivity contribution in [1.82, 2.24) is 9.38 Å². The van der Waals surface area contributed by atoms with Crippen molar-refractivity contribution in [3.05, 3.63) is 53.4 Å². The number of nitrogens with zero attached hydrogens (tertiary/aromatic N) is 2. The Kier molecular flexibility index (Phi) is 2.86. The first-order chi connectivity index (χ1) is 10.3. The van der Waals surface area contributed by atoms with Crippen molar-refractivity contribution in [2.24, 2.45) is 0 Å². The molecule has 1 aromatic carbocycles. The Balaban J connectivity index is 1.52. The van der Waals surface area contributed by atoms with Crippen LogP contribution in [0.15, 0.2) is 42.7 Å². The highest BCUT2D eigenvalue weighted by molar-refractivity contribution is 6.30. The molecule has 0 bridgehead atoms. The fourth-order valence-corrected chi connectivity index (χ4v) is 2.47. The number of aromatic nitrogens is 2. The number of anilines is 1. The van der Waals surface area contributed by atoms with Crippen molar-refractivity contribution in [2.45, 2.75) is 6.54 Å². The van der Waals surface area contributed by atoms with Crippen LogP contribution in [-0.2, 0) is 6.54 Å². The van der Waals surface area contributed by atoms with Crippen LogP contribution in [0.1, 0.15) is 5.69 Å². The molecule has 106 valence electrons. The SMILES string of the molecule is Clc1ccc2nc(CNc3ccc4c(c3)OCO4)cn2c1. The minimum absolute atomic E-state index is 0.284. The molecule has 2 aromatic heterocycles. The Hall–Kier alpha value is -2.40. The highest BCUT2D eigenvalue weighted by Crippen LogP contribution is 2.34. The van der Waals surface area contributed by atoms with Gasteiger partial charge in [0.1, 0.15) is 5.65 Å². The summed E-state index contributed by atoms with van der Waals surface area (Å²) in [5, 5.41) is 4.01. The Bertz CT molecular complexity index is 816. The maximum Gasteiger partial charge on any atom is 0.231 e. The number of hydrogen-bond donors (Lipinski definition) is 1. The molecule has 0 atom stereocenters. The first kappa shape index (κ1) is 12.3. The number of hydrogen-bond acceptors (Lipinski definition) is 4. The molecule has 0 saturated heterocycles. The minimum Gasteiger partial charge on any atom is -0.454 e. The summed E-state index contributed by atoms with van der Waals surface area (Å²) in [6.45, 7) is 0.908. The van der Waals surface area contributed by atoms with E-state index in [9.17, 15) is 0 Å². The summed E-state index contributed by atoms with van der Waals surface area (Å²) in [5.41, 5.74) is 2.78. The normalized spacial score (nSPS) is 12.8. The maximum atomic E-state index is 5.97. The van der Waals surface area contributed by atoms with Gasteiger partial charge >= 0.3 is 0 Å². The van der Waals surface area contributed by atoms with Gasteiger partial charge in [0.15, 0.2) is 11.5 Å². The molecule has 0 unspecified atom stereocenters. The Labute approximate surface area is 126 Å². The zero-order valence-corrected chi connectivity index (χ0v) is 11.8. The van der Waals surface area contributed by atoms with Crippen molar-refractivity contribution in [2.75, 3.05) is 12.1 Å². The zero-order valence-electron chi connectivity index (χ0n) is 11.0. The summed E-state index contributed by atoms with van der Waals surface area (Å²) in [7, 11) is 0. The second-order valence-electron chi connectivity index (χ2n) is 4.77. The quantitative estimate of drug-likeness (QED) is 0.806. The molecular formula is C15H12ClN3O2. The number of nitrogens with one attached hydrogen (secondary N) is 1. The summed E-state index contributed by atoms with van der Waals surface area (Å²) in [4.78, 5) is 4.53. The molecule has 21 heavy (non-hydrogen) atoms. The van der Waals surface area contributed by atoms with E-state index in [1.54, 1.807) is 0 Å². The molecule has 0 fully saturated rings. The van der Waals surface area contributed by atoms with Crippen LogP contribution in [-0.4, -0.2) is 16.2 Å². The van der Waals surface area contributed by atoms with Gasteiger partial charge in [-0.2, -0.15) is 0 Å². The lowest BCUT2D eigenvalue weighted by molar-refractivity contribution is 0.174. The highest BCUT2D eigenvalue weighted by Gasteiger charge is 2.13. The van der Waals surface area contributed by atoms with Gasteiger partial charge in [0.2, 0.25) is 6.79 Å². The van der Waals surface area contributed by atoms with Crippen molar-refractivity contribution in [3.63, 3.8) is 0 Å². The molecule has 0 radical (unpaired) electrons. The second kappa shape index (κ2) is 4.86. The van der Waals surface area contributed by atoms with Gasteiger partial charge in [-0.25, -0.2) is 4.98 Å². The molecule has 1 aliphatic heterocycles. The second-order valence-corrected chi connectivity index (χ2v) is 5.20. The summed E-state index contributed by atoms with van der Waals surface area (Å²) < 4.78 is 12.6. The van der Waals surface area contributed by atoms with Crippen molar-refractivity contribution >= 4 is 22.9 Å². The standard InChI is InChI=1S/C15H12ClN3O2/c16-10-1-4-15-18-12(8-19(15)7-10)6-17-11-2-3-13-14(5-11)21-9-20-13/h1-5,7-8,17H,6,9H2. The Morgan fingerprint density at radius 2 is 2.05 bits per heavy atom. The molecule has 5 nitrogen and oxygen atoms in total. The fraction of sp³-hybridized carbons (Fsp3) is 0.133. The van der Waals surface area contributed by atoms with E-state index in [4.69, 9.17) is 21.1 Å². The number of halogens is 1. The van der Waals surface area contributed by atoms with Crippen LogP contribution in [0.2, 0.25) is 5.02 Å². The smallest absolute Gasteiger partial charge is 0.231 e. The van der Waals surface area contributed by atoms with Crippen LogP contribution in [0.3, 0.4) is 0 Å². The third kappa shape index (κ3) is 2.36. The van der Waals surface area contributed by atoms with Gasteiger partial charge in [0.05, 0.1) is 17.3 Å². The summed E-state index contributed by atoms with van der Waals surface area (Å²) in [6.07, 6.45) is 3.80. The predicted octanol–water partition coefficient (Wildman–Crippen LogP) is 3.33. The van der Waals surface area contributed by atoms with E-state index < -0.39 is 0 Å². The van der Waals surface area contributed by atoms with E-state index >= 15 is 0 Å². The number of fused-ring (bicyclic) bond motifs is 2. The minimum atomic E-state index is 0.284. The third-order valence-corrected chi connectivity index (χ3v) is 3.53. The molecule has 0 amide bonds. The predicted molar refractivity (Wildman–Crippen MR) is 80.1 cm³/mol. The number of benzene rings is 1. The third-order valence-electron chi connectivity index (χ3n) is 3.31. The van der Waals surface area contributed by atoms with Crippen LogP contribution in [0.4, 0.5) is 5.69 Å². The summed E-state index contributed by atoms with van der Waals surface area (Å²) >= 11 is 5.97. The zero-order chi connectivity index (χ0) is 14.2. The molecule has 4 rings (SSSR count). The molecular weight excluding hydrogens is 290 g/mol. The average molecular weight is 302 g/mol. The van der Waals surface area contributed by atoms with E-state index in [0.717, 1.165) is 28.5 Å². The molecule has 0 aliphatic carbocycles. The lowest BCUT2D eigenvalue weighted by Crippen LogP contribution is -1.99. The molecule has 1 N–H and O–H groups in total. The van der Waals surface area contributed by atoms with Crippen molar-refractivity contribution in [3.8, 4) is 11.5 Å². The topological polar surface area (TPSA) is 47.8 Å². The summed E-state index contributed by atoms with van der Waals surface area (Å²) in [6, 6.07) is 9.51. The number of pyridine rings is 1. The average Bonchev–Trinajstić information content (AvgIpc) is 3.09. The first-order valence-electron chi connectivity index (χ1n) is 6.54. The van der Waals surface area contributed by atoms with Crippen LogP contribution in [0.25, 0.3) is 5.65 Å². The number of ether oxygens (including phenoxy) is 2. The van der Waals surface area contributed by atoms with Crippen LogP contribution >= 0.6 is 11.6 Å². The van der Waals surface area contributed by atoms with E-state index in [2.05, 4.69) is 10.3 Å². The van der Waals surface area contributed by atoms with Gasteiger partial charge in [0, 0.05) is 24.1 Å². The molecule has 0 saturated carbocycles. The van der Waals surface area contributed by atoms with Crippen molar-refractivity contribution < 1.29 is 9.47 Å². The molecule has 1 aliphatic rings. The lowest BCUT2D eigenvalue weighted by Gasteiger charge is -2.05. The number of imidazole rings is 1. The van der Waals surface area contributed by atoms with Gasteiger partial charge in [-0.1, -0.05) is 11.6 Å².